The van der Waals surface area contributed by atoms with Crippen molar-refractivity contribution in [3.63, 3.8) is 0 Å². The number of anilines is 5. The molecule has 1 aliphatic heterocycles. The van der Waals surface area contributed by atoms with Crippen LogP contribution in [-0.4, -0.2) is 60.0 Å². The molecule has 2 aliphatic rings. The SMILES string of the molecule is Cc1cccc(C)c1NC(=O)c1cnc(Nc2ccc(N3CCN(C)CC3)c(F)c2)nc1NC1CC1. The first-order chi connectivity index (χ1) is 17.4. The molecule has 2 fully saturated rings. The van der Waals surface area contributed by atoms with Gasteiger partial charge in [-0.3, -0.25) is 4.79 Å². The van der Waals surface area contributed by atoms with Crippen molar-refractivity contribution in [1.82, 2.24) is 14.9 Å². The third-order valence-corrected chi connectivity index (χ3v) is 6.72. The van der Waals surface area contributed by atoms with Crippen LogP contribution in [0.15, 0.2) is 42.6 Å². The number of carbonyl (C=O) groups excluding carboxylic acids is 1. The fraction of sp³-hybridized carbons (Fsp3) is 0.370. The molecule has 3 aromatic rings. The molecule has 0 atom stereocenters. The number of halogens is 1. The zero-order chi connectivity index (χ0) is 25.2. The molecule has 3 N–H and O–H groups in total. The molecule has 0 spiro atoms. The number of likely N-dealkylation sites (N-methyl/N-ethyl adjacent to an activating group) is 1. The standard InChI is InChI=1S/C27H32FN7O/c1-17-5-4-6-18(2)24(17)32-26(36)21-16-29-27(33-25(21)30-19-7-8-19)31-20-9-10-23(22(28)15-20)35-13-11-34(3)12-14-35/h4-6,9-10,15-16,19H,7-8,11-14H2,1-3H3,(H,32,36)(H2,29,30,31,33). The van der Waals surface area contributed by atoms with E-state index in [1.807, 2.05) is 38.1 Å². The maximum absolute atomic E-state index is 14.9. The van der Waals surface area contributed by atoms with E-state index < -0.39 is 0 Å². The summed E-state index contributed by atoms with van der Waals surface area (Å²) in [5.74, 6) is 0.205. The first-order valence-corrected chi connectivity index (χ1v) is 12.4. The molecule has 9 heteroatoms. The number of benzene rings is 2. The molecule has 2 heterocycles. The molecular weight excluding hydrogens is 457 g/mol. The van der Waals surface area contributed by atoms with Gasteiger partial charge in [-0.05, 0) is 63.1 Å². The van der Waals surface area contributed by atoms with Crippen molar-refractivity contribution in [2.24, 2.45) is 0 Å². The Labute approximate surface area is 210 Å². The van der Waals surface area contributed by atoms with Gasteiger partial charge >= 0.3 is 0 Å². The summed E-state index contributed by atoms with van der Waals surface area (Å²) in [7, 11) is 2.08. The second-order valence-corrected chi connectivity index (χ2v) is 9.68. The molecule has 5 rings (SSSR count). The Kier molecular flexibility index (Phi) is 6.73. The van der Waals surface area contributed by atoms with Gasteiger partial charge in [-0.1, -0.05) is 18.2 Å². The summed E-state index contributed by atoms with van der Waals surface area (Å²) >= 11 is 0. The van der Waals surface area contributed by atoms with Gasteiger partial charge in [0, 0.05) is 49.8 Å². The minimum absolute atomic E-state index is 0.273. The lowest BCUT2D eigenvalue weighted by molar-refractivity contribution is 0.102. The highest BCUT2D eigenvalue weighted by atomic mass is 19.1. The molecule has 0 bridgehead atoms. The fourth-order valence-corrected chi connectivity index (χ4v) is 4.35. The van der Waals surface area contributed by atoms with Gasteiger partial charge in [-0.2, -0.15) is 4.98 Å². The number of nitrogens with zero attached hydrogens (tertiary/aromatic N) is 4. The van der Waals surface area contributed by atoms with Crippen LogP contribution in [0.25, 0.3) is 0 Å². The van der Waals surface area contributed by atoms with Crippen LogP contribution in [-0.2, 0) is 0 Å². The molecule has 1 aliphatic carbocycles. The van der Waals surface area contributed by atoms with Crippen LogP contribution in [0.2, 0.25) is 0 Å². The summed E-state index contributed by atoms with van der Waals surface area (Å²) < 4.78 is 14.9. The Balaban J connectivity index is 1.34. The lowest BCUT2D eigenvalue weighted by Gasteiger charge is -2.34. The summed E-state index contributed by atoms with van der Waals surface area (Å²) in [5.41, 5.74) is 4.28. The molecule has 36 heavy (non-hydrogen) atoms. The second kappa shape index (κ2) is 10.1. The van der Waals surface area contributed by atoms with Crippen molar-refractivity contribution >= 4 is 34.7 Å². The van der Waals surface area contributed by atoms with Crippen LogP contribution in [0.4, 0.5) is 33.2 Å². The number of aromatic nitrogens is 2. The number of rotatable bonds is 7. The molecule has 1 amide bonds. The number of carbonyl (C=O) groups is 1. The number of hydrogen-bond acceptors (Lipinski definition) is 7. The van der Waals surface area contributed by atoms with Crippen LogP contribution in [0.1, 0.15) is 34.3 Å². The van der Waals surface area contributed by atoms with E-state index in [1.54, 1.807) is 6.07 Å². The van der Waals surface area contributed by atoms with E-state index in [0.717, 1.165) is 55.8 Å². The normalized spacial score (nSPS) is 16.1. The van der Waals surface area contributed by atoms with Crippen molar-refractivity contribution in [2.45, 2.75) is 32.7 Å². The number of amides is 1. The van der Waals surface area contributed by atoms with E-state index in [1.165, 1.54) is 12.3 Å². The molecule has 0 radical (unpaired) electrons. The predicted octanol–water partition coefficient (Wildman–Crippen LogP) is 4.55. The molecule has 1 saturated carbocycles. The number of para-hydroxylation sites is 1. The van der Waals surface area contributed by atoms with Crippen LogP contribution in [0.3, 0.4) is 0 Å². The maximum Gasteiger partial charge on any atom is 0.261 e. The van der Waals surface area contributed by atoms with Gasteiger partial charge in [-0.25, -0.2) is 9.37 Å². The largest absolute Gasteiger partial charge is 0.367 e. The molecule has 188 valence electrons. The highest BCUT2D eigenvalue weighted by Crippen LogP contribution is 2.29. The minimum atomic E-state index is -0.287. The average molecular weight is 490 g/mol. The van der Waals surface area contributed by atoms with Gasteiger partial charge in [0.2, 0.25) is 5.95 Å². The van der Waals surface area contributed by atoms with Crippen molar-refractivity contribution in [3.05, 3.63) is 65.1 Å². The topological polar surface area (TPSA) is 85.4 Å². The van der Waals surface area contributed by atoms with Gasteiger partial charge in [0.25, 0.3) is 5.91 Å². The highest BCUT2D eigenvalue weighted by Gasteiger charge is 2.25. The van der Waals surface area contributed by atoms with E-state index >= 15 is 0 Å². The zero-order valence-corrected chi connectivity index (χ0v) is 20.9. The van der Waals surface area contributed by atoms with Crippen LogP contribution in [0.5, 0.6) is 0 Å². The molecule has 1 saturated heterocycles. The quantitative estimate of drug-likeness (QED) is 0.449. The summed E-state index contributed by atoms with van der Waals surface area (Å²) in [4.78, 5) is 26.4. The summed E-state index contributed by atoms with van der Waals surface area (Å²) in [6.45, 7) is 7.34. The minimum Gasteiger partial charge on any atom is -0.367 e. The lowest BCUT2D eigenvalue weighted by atomic mass is 10.1. The van der Waals surface area contributed by atoms with Crippen molar-refractivity contribution < 1.29 is 9.18 Å². The Morgan fingerprint density at radius 1 is 1.06 bits per heavy atom. The van der Waals surface area contributed by atoms with Crippen LogP contribution >= 0.6 is 0 Å². The first-order valence-electron chi connectivity index (χ1n) is 12.4. The monoisotopic (exact) mass is 489 g/mol. The van der Waals surface area contributed by atoms with E-state index in [2.05, 4.69) is 42.8 Å². The third kappa shape index (κ3) is 5.41. The van der Waals surface area contributed by atoms with Gasteiger partial charge < -0.3 is 25.8 Å². The summed E-state index contributed by atoms with van der Waals surface area (Å²) in [6, 6.07) is 11.3. The van der Waals surface area contributed by atoms with E-state index in [4.69, 9.17) is 0 Å². The maximum atomic E-state index is 14.9. The fourth-order valence-electron chi connectivity index (χ4n) is 4.35. The van der Waals surface area contributed by atoms with Gasteiger partial charge in [0.1, 0.15) is 17.2 Å². The van der Waals surface area contributed by atoms with Crippen molar-refractivity contribution in [1.29, 1.82) is 0 Å². The molecule has 8 nitrogen and oxygen atoms in total. The van der Waals surface area contributed by atoms with Gasteiger partial charge in [0.15, 0.2) is 0 Å². The number of nitrogens with one attached hydrogen (secondary N) is 3. The van der Waals surface area contributed by atoms with E-state index in [-0.39, 0.29) is 11.7 Å². The average Bonchev–Trinajstić information content (AvgIpc) is 3.67. The molecule has 1 aromatic heterocycles. The smallest absolute Gasteiger partial charge is 0.261 e. The Morgan fingerprint density at radius 3 is 2.44 bits per heavy atom. The predicted molar refractivity (Wildman–Crippen MR) is 142 cm³/mol. The summed E-state index contributed by atoms with van der Waals surface area (Å²) in [6.07, 6.45) is 3.57. The van der Waals surface area contributed by atoms with E-state index in [9.17, 15) is 9.18 Å². The van der Waals surface area contributed by atoms with Crippen LogP contribution < -0.4 is 20.9 Å². The van der Waals surface area contributed by atoms with Gasteiger partial charge in [-0.15, -0.1) is 0 Å². The Morgan fingerprint density at radius 2 is 1.78 bits per heavy atom. The Hall–Kier alpha value is -3.72. The highest BCUT2D eigenvalue weighted by molar-refractivity contribution is 6.08. The Bertz CT molecular complexity index is 1250. The van der Waals surface area contributed by atoms with Crippen molar-refractivity contribution in [2.75, 3.05) is 54.1 Å². The lowest BCUT2D eigenvalue weighted by Crippen LogP contribution is -2.44. The second-order valence-electron chi connectivity index (χ2n) is 9.68. The zero-order valence-electron chi connectivity index (χ0n) is 20.9. The third-order valence-electron chi connectivity index (χ3n) is 6.72. The number of aryl methyl sites for hydroxylation is 2. The molecule has 2 aromatic carbocycles. The van der Waals surface area contributed by atoms with Gasteiger partial charge in [0.05, 0.1) is 5.69 Å². The first kappa shape index (κ1) is 24.0. The number of hydrogen-bond donors (Lipinski definition) is 3. The van der Waals surface area contributed by atoms with E-state index in [0.29, 0.717) is 34.7 Å². The molecule has 0 unspecified atom stereocenters. The number of piperazine rings is 1. The van der Waals surface area contributed by atoms with Crippen LogP contribution in [0, 0.1) is 19.7 Å². The summed E-state index contributed by atoms with van der Waals surface area (Å²) in [5, 5.41) is 9.44. The van der Waals surface area contributed by atoms with Crippen molar-refractivity contribution in [3.8, 4) is 0 Å². The molecular formula is C27H32FN7O.